The molecule has 27 heteroatoms. The van der Waals surface area contributed by atoms with Crippen LogP contribution in [0.1, 0.15) is 5.69 Å². The van der Waals surface area contributed by atoms with Gasteiger partial charge in [0, 0.05) is 19.6 Å². The number of aromatic nitrogens is 3. The standard InChI is InChI=1S/C36H72N4O23/c1-21-2-37-38-40(21)4-23(44)10-59-12-25(46)14-61-16-27(48)18-63-20-28(49)19-62-17-26(47)15-60-13-24(45)11-58-9-22(43)3-39(5-29(50)33(54)35(56)31(52)7-41)6-30(51)34(55)36(57)32(53)8-42/h2,22-36,41-57H,3-20H2,1H3/t22?,23?,24?,25?,26?,27?,28?,29-,30-,31+,32+,33+,34+,35+,36+/m0/s1. The molecule has 1 aromatic rings. The Morgan fingerprint density at radius 3 is 1.00 bits per heavy atom. The van der Waals surface area contributed by atoms with E-state index in [1.54, 1.807) is 13.1 Å². The van der Waals surface area contributed by atoms with Gasteiger partial charge in [-0.05, 0) is 6.92 Å². The van der Waals surface area contributed by atoms with Crippen LogP contribution in [0.5, 0.6) is 0 Å². The van der Waals surface area contributed by atoms with Crippen molar-refractivity contribution in [2.45, 2.75) is 105 Å². The average molecular weight is 929 g/mol. The zero-order valence-electron chi connectivity index (χ0n) is 35.3. The largest absolute Gasteiger partial charge is 0.394 e. The quantitative estimate of drug-likeness (QED) is 0.0290. The van der Waals surface area contributed by atoms with Crippen molar-refractivity contribution >= 4 is 0 Å². The van der Waals surface area contributed by atoms with Gasteiger partial charge in [-0.3, -0.25) is 4.90 Å². The second kappa shape index (κ2) is 33.6. The minimum Gasteiger partial charge on any atom is -0.394 e. The summed E-state index contributed by atoms with van der Waals surface area (Å²) < 4.78 is 33.0. The molecule has 1 aromatic heterocycles. The first kappa shape index (κ1) is 59.2. The number of hydrogen-bond donors (Lipinski definition) is 17. The number of nitrogens with zero attached hydrogens (tertiary/aromatic N) is 4. The van der Waals surface area contributed by atoms with Crippen molar-refractivity contribution in [2.75, 3.05) is 112 Å². The molecule has 0 fully saturated rings. The van der Waals surface area contributed by atoms with Gasteiger partial charge in [-0.25, -0.2) is 4.68 Å². The molecule has 27 nitrogen and oxygen atoms in total. The van der Waals surface area contributed by atoms with Crippen molar-refractivity contribution in [3.8, 4) is 0 Å². The Kier molecular flexibility index (Phi) is 31.6. The monoisotopic (exact) mass is 928 g/mol. The Bertz CT molecular complexity index is 1220. The van der Waals surface area contributed by atoms with Crippen LogP contribution in [-0.4, -0.2) is 310 Å². The molecule has 63 heavy (non-hydrogen) atoms. The second-order valence-electron chi connectivity index (χ2n) is 15.2. The van der Waals surface area contributed by atoms with Gasteiger partial charge in [0.05, 0.1) is 135 Å². The lowest BCUT2D eigenvalue weighted by Crippen LogP contribution is -2.54. The molecule has 374 valence electrons. The fraction of sp³-hybridized carbons (Fsp3) is 0.944. The van der Waals surface area contributed by atoms with E-state index < -0.39 is 131 Å². The van der Waals surface area contributed by atoms with Gasteiger partial charge in [-0.2, -0.15) is 0 Å². The van der Waals surface area contributed by atoms with Crippen LogP contribution in [0.2, 0.25) is 0 Å². The Morgan fingerprint density at radius 2 is 0.714 bits per heavy atom. The molecule has 0 amide bonds. The highest BCUT2D eigenvalue weighted by Gasteiger charge is 2.35. The number of rotatable bonds is 40. The molecule has 0 aliphatic heterocycles. The van der Waals surface area contributed by atoms with Gasteiger partial charge < -0.3 is 115 Å². The SMILES string of the molecule is Cc1cnnn1CC(O)COCC(O)COCC(O)COCC(O)COCC(O)COCC(O)COCC(O)CN(C[C@H](O)[C@@H](O)[C@H](O)[C@H](O)CO)C[C@H](O)[C@@H](O)[C@H](O)[C@H](O)CO. The van der Waals surface area contributed by atoms with Crippen LogP contribution in [0.15, 0.2) is 6.20 Å². The predicted molar refractivity (Wildman–Crippen MR) is 210 cm³/mol. The van der Waals surface area contributed by atoms with Crippen LogP contribution in [0.25, 0.3) is 0 Å². The predicted octanol–water partition coefficient (Wildman–Crippen LogP) is -10.6. The summed E-state index contributed by atoms with van der Waals surface area (Å²) in [6, 6.07) is 0. The zero-order valence-corrected chi connectivity index (χ0v) is 35.3. The maximum absolute atomic E-state index is 10.5. The fourth-order valence-electron chi connectivity index (χ4n) is 5.47. The van der Waals surface area contributed by atoms with Crippen molar-refractivity contribution in [3.63, 3.8) is 0 Å². The molecule has 0 spiro atoms. The maximum Gasteiger partial charge on any atom is 0.111 e. The Labute approximate surface area is 364 Å². The lowest BCUT2D eigenvalue weighted by molar-refractivity contribution is -0.133. The van der Waals surface area contributed by atoms with Crippen LogP contribution in [0, 0.1) is 6.92 Å². The maximum atomic E-state index is 10.5. The molecule has 15 atom stereocenters. The molecule has 0 saturated heterocycles. The summed E-state index contributed by atoms with van der Waals surface area (Å²) in [5.74, 6) is 0. The van der Waals surface area contributed by atoms with Gasteiger partial charge in [0.15, 0.2) is 0 Å². The summed E-state index contributed by atoms with van der Waals surface area (Å²) in [6.07, 6.45) is -21.6. The molecule has 0 aromatic carbocycles. The van der Waals surface area contributed by atoms with Crippen LogP contribution >= 0.6 is 0 Å². The van der Waals surface area contributed by atoms with Crippen LogP contribution in [-0.2, 0) is 35.0 Å². The van der Waals surface area contributed by atoms with E-state index in [0.717, 1.165) is 10.6 Å². The summed E-state index contributed by atoms with van der Waals surface area (Å²) in [5.41, 5.74) is 0.775. The van der Waals surface area contributed by atoms with E-state index in [1.165, 1.54) is 4.68 Å². The van der Waals surface area contributed by atoms with Crippen LogP contribution in [0.3, 0.4) is 0 Å². The highest BCUT2D eigenvalue weighted by Crippen LogP contribution is 2.12. The fourth-order valence-corrected chi connectivity index (χ4v) is 5.47. The van der Waals surface area contributed by atoms with Gasteiger partial charge in [0.1, 0.15) is 67.1 Å². The lowest BCUT2D eigenvalue weighted by Gasteiger charge is -2.34. The summed E-state index contributed by atoms with van der Waals surface area (Å²) in [5, 5.41) is 177. The first-order valence-electron chi connectivity index (χ1n) is 20.3. The van der Waals surface area contributed by atoms with Crippen molar-refractivity contribution in [1.29, 1.82) is 0 Å². The highest BCUT2D eigenvalue weighted by atomic mass is 16.5. The van der Waals surface area contributed by atoms with Crippen molar-refractivity contribution in [3.05, 3.63) is 11.9 Å². The third-order valence-corrected chi connectivity index (χ3v) is 8.93. The molecule has 0 radical (unpaired) electrons. The molecule has 0 bridgehead atoms. The zero-order chi connectivity index (χ0) is 47.5. The minimum absolute atomic E-state index is 0.0477. The molecule has 0 saturated carbocycles. The minimum atomic E-state index is -2.02. The number of aliphatic hydroxyl groups excluding tert-OH is 17. The van der Waals surface area contributed by atoms with Crippen molar-refractivity contribution in [2.24, 2.45) is 0 Å². The van der Waals surface area contributed by atoms with Crippen molar-refractivity contribution in [1.82, 2.24) is 19.9 Å². The van der Waals surface area contributed by atoms with Gasteiger partial charge in [0.25, 0.3) is 0 Å². The molecule has 0 aliphatic rings. The summed E-state index contributed by atoms with van der Waals surface area (Å²) in [6.45, 7) is -4.39. The number of aliphatic hydroxyl groups is 17. The van der Waals surface area contributed by atoms with E-state index in [9.17, 15) is 76.6 Å². The normalized spacial score (nSPS) is 19.7. The molecule has 7 unspecified atom stereocenters. The van der Waals surface area contributed by atoms with Gasteiger partial charge in [-0.15, -0.1) is 5.10 Å². The first-order chi connectivity index (χ1) is 29.8. The highest BCUT2D eigenvalue weighted by molar-refractivity contribution is 4.89. The van der Waals surface area contributed by atoms with Crippen molar-refractivity contribution < 1.29 is 115 Å². The number of ether oxygens (including phenoxy) is 6. The number of hydrogen-bond acceptors (Lipinski definition) is 26. The van der Waals surface area contributed by atoms with E-state index in [0.29, 0.717) is 0 Å². The number of aryl methyl sites for hydroxylation is 1. The molecule has 1 heterocycles. The molecular weight excluding hydrogens is 856 g/mol. The van der Waals surface area contributed by atoms with Crippen LogP contribution in [0.4, 0.5) is 0 Å². The Hall–Kier alpha value is -1.82. The second-order valence-corrected chi connectivity index (χ2v) is 15.2. The first-order valence-corrected chi connectivity index (χ1v) is 20.3. The van der Waals surface area contributed by atoms with Gasteiger partial charge >= 0.3 is 0 Å². The summed E-state index contributed by atoms with van der Waals surface area (Å²) >= 11 is 0. The summed E-state index contributed by atoms with van der Waals surface area (Å²) in [7, 11) is 0. The molecule has 1 rings (SSSR count). The van der Waals surface area contributed by atoms with Gasteiger partial charge in [-0.1, -0.05) is 5.21 Å². The van der Waals surface area contributed by atoms with E-state index in [1.807, 2.05) is 0 Å². The van der Waals surface area contributed by atoms with E-state index in [-0.39, 0.29) is 79.2 Å². The van der Waals surface area contributed by atoms with Gasteiger partial charge in [0.2, 0.25) is 0 Å². The third-order valence-electron chi connectivity index (χ3n) is 8.93. The topological polar surface area (TPSA) is 433 Å². The van der Waals surface area contributed by atoms with E-state index in [4.69, 9.17) is 38.6 Å². The van der Waals surface area contributed by atoms with Crippen LogP contribution < -0.4 is 0 Å². The Balaban J connectivity index is 2.28. The molecule has 0 aliphatic carbocycles. The lowest BCUT2D eigenvalue weighted by atomic mass is 10.0. The average Bonchev–Trinajstić information content (AvgIpc) is 3.64. The third kappa shape index (κ3) is 26.2. The van der Waals surface area contributed by atoms with E-state index >= 15 is 0 Å². The molecular formula is C36H72N4O23. The molecule has 17 N–H and O–H groups in total. The van der Waals surface area contributed by atoms with E-state index in [2.05, 4.69) is 10.3 Å². The Morgan fingerprint density at radius 1 is 0.429 bits per heavy atom. The smallest absolute Gasteiger partial charge is 0.111 e. The summed E-state index contributed by atoms with van der Waals surface area (Å²) in [4.78, 5) is 1.08.